The minimum absolute atomic E-state index is 0.586. The number of aryl methyl sites for hydroxylation is 2. The summed E-state index contributed by atoms with van der Waals surface area (Å²) >= 11 is 0. The van der Waals surface area contributed by atoms with Crippen LogP contribution in [0.25, 0.3) is 10.9 Å². The van der Waals surface area contributed by atoms with Crippen molar-refractivity contribution in [3.63, 3.8) is 0 Å². The van der Waals surface area contributed by atoms with Crippen LogP contribution >= 0.6 is 0 Å². The van der Waals surface area contributed by atoms with Gasteiger partial charge in [-0.15, -0.1) is 0 Å². The van der Waals surface area contributed by atoms with E-state index in [-0.39, 0.29) is 0 Å². The van der Waals surface area contributed by atoms with Crippen LogP contribution in [0.15, 0.2) is 18.2 Å². The summed E-state index contributed by atoms with van der Waals surface area (Å²) in [5.41, 5.74) is 9.09. The topological polar surface area (TPSA) is 43.8 Å². The summed E-state index contributed by atoms with van der Waals surface area (Å²) in [5.74, 6) is 0. The van der Waals surface area contributed by atoms with Crippen LogP contribution < -0.4 is 5.73 Å². The van der Waals surface area contributed by atoms with Crippen molar-refractivity contribution in [3.05, 3.63) is 29.5 Å². The number of nitrogens with two attached hydrogens (primary N) is 1. The normalized spacial score (nSPS) is 11.1. The van der Waals surface area contributed by atoms with Gasteiger partial charge in [0.2, 0.25) is 0 Å². The quantitative estimate of drug-likeness (QED) is 0.779. The number of fused-ring (bicyclic) bond motifs is 1. The van der Waals surface area contributed by atoms with Crippen molar-refractivity contribution in [2.45, 2.75) is 19.9 Å². The monoisotopic (exact) mass is 189 g/mol. The Hall–Kier alpha value is -1.35. The summed E-state index contributed by atoms with van der Waals surface area (Å²) in [6.07, 6.45) is 0.972. The zero-order valence-corrected chi connectivity index (χ0v) is 8.62. The summed E-state index contributed by atoms with van der Waals surface area (Å²) in [6, 6.07) is 6.30. The Balaban J connectivity index is 2.70. The predicted molar refractivity (Wildman–Crippen MR) is 58.0 cm³/mol. The van der Waals surface area contributed by atoms with Crippen LogP contribution in [-0.2, 0) is 20.0 Å². The van der Waals surface area contributed by atoms with E-state index in [0.717, 1.165) is 17.7 Å². The molecule has 0 spiro atoms. The largest absolute Gasteiger partial charge is 0.326 e. The van der Waals surface area contributed by atoms with Gasteiger partial charge in [0.1, 0.15) is 0 Å². The lowest BCUT2D eigenvalue weighted by atomic mass is 10.1. The fraction of sp³-hybridized carbons (Fsp3) is 0.364. The standard InChI is InChI=1S/C11H15N3/c1-3-10-9-5-4-8(7-12)6-11(9)14(2)13-10/h4-6H,3,7,12H2,1-2H3. The lowest BCUT2D eigenvalue weighted by Gasteiger charge is -1.98. The van der Waals surface area contributed by atoms with Gasteiger partial charge in [-0.25, -0.2) is 0 Å². The van der Waals surface area contributed by atoms with E-state index in [1.807, 2.05) is 11.7 Å². The maximum atomic E-state index is 5.60. The molecule has 1 aromatic heterocycles. The van der Waals surface area contributed by atoms with Crippen LogP contribution in [0.2, 0.25) is 0 Å². The molecule has 0 saturated heterocycles. The van der Waals surface area contributed by atoms with Gasteiger partial charge in [-0.05, 0) is 18.1 Å². The second kappa shape index (κ2) is 3.42. The Morgan fingerprint density at radius 2 is 2.21 bits per heavy atom. The molecule has 0 aliphatic carbocycles. The van der Waals surface area contributed by atoms with Crippen LogP contribution in [0.3, 0.4) is 0 Å². The first kappa shape index (κ1) is 9.21. The third-order valence-electron chi connectivity index (χ3n) is 2.56. The maximum Gasteiger partial charge on any atom is 0.0700 e. The third kappa shape index (κ3) is 1.30. The summed E-state index contributed by atoms with van der Waals surface area (Å²) in [4.78, 5) is 0. The van der Waals surface area contributed by atoms with E-state index >= 15 is 0 Å². The van der Waals surface area contributed by atoms with Crippen LogP contribution in [0.1, 0.15) is 18.2 Å². The highest BCUT2D eigenvalue weighted by atomic mass is 15.3. The van der Waals surface area contributed by atoms with Crippen molar-refractivity contribution in [1.82, 2.24) is 9.78 Å². The molecule has 0 aliphatic rings. The summed E-state index contributed by atoms with van der Waals surface area (Å²) in [7, 11) is 1.97. The number of hydrogen-bond donors (Lipinski definition) is 1. The number of benzene rings is 1. The number of nitrogens with zero attached hydrogens (tertiary/aromatic N) is 2. The van der Waals surface area contributed by atoms with Gasteiger partial charge >= 0.3 is 0 Å². The van der Waals surface area contributed by atoms with Gasteiger partial charge in [0.25, 0.3) is 0 Å². The van der Waals surface area contributed by atoms with Crippen molar-refractivity contribution >= 4 is 10.9 Å². The molecule has 2 aromatic rings. The van der Waals surface area contributed by atoms with Gasteiger partial charge in [0.15, 0.2) is 0 Å². The van der Waals surface area contributed by atoms with Crippen LogP contribution in [0.4, 0.5) is 0 Å². The van der Waals surface area contributed by atoms with Gasteiger partial charge in [0.05, 0.1) is 11.2 Å². The van der Waals surface area contributed by atoms with Crippen LogP contribution in [0, 0.1) is 0 Å². The zero-order chi connectivity index (χ0) is 10.1. The van der Waals surface area contributed by atoms with E-state index < -0.39 is 0 Å². The van der Waals surface area contributed by atoms with E-state index in [2.05, 4.69) is 30.2 Å². The van der Waals surface area contributed by atoms with Crippen molar-refractivity contribution < 1.29 is 0 Å². The Bertz CT molecular complexity index is 457. The number of rotatable bonds is 2. The molecular weight excluding hydrogens is 174 g/mol. The van der Waals surface area contributed by atoms with Crippen molar-refractivity contribution in [2.75, 3.05) is 0 Å². The predicted octanol–water partition coefficient (Wildman–Crippen LogP) is 1.59. The van der Waals surface area contributed by atoms with E-state index in [9.17, 15) is 0 Å². The van der Waals surface area contributed by atoms with Crippen molar-refractivity contribution in [3.8, 4) is 0 Å². The molecule has 0 unspecified atom stereocenters. The molecule has 2 rings (SSSR count). The van der Waals surface area contributed by atoms with Crippen LogP contribution in [0.5, 0.6) is 0 Å². The van der Waals surface area contributed by atoms with E-state index in [1.54, 1.807) is 0 Å². The maximum absolute atomic E-state index is 5.60. The first-order valence-electron chi connectivity index (χ1n) is 4.90. The third-order valence-corrected chi connectivity index (χ3v) is 2.56. The highest BCUT2D eigenvalue weighted by Crippen LogP contribution is 2.19. The molecule has 3 nitrogen and oxygen atoms in total. The Morgan fingerprint density at radius 1 is 1.43 bits per heavy atom. The Morgan fingerprint density at radius 3 is 2.86 bits per heavy atom. The molecule has 0 radical (unpaired) electrons. The summed E-state index contributed by atoms with van der Waals surface area (Å²) in [5, 5.41) is 5.70. The second-order valence-electron chi connectivity index (χ2n) is 3.48. The number of aromatic nitrogens is 2. The molecule has 2 N–H and O–H groups in total. The lowest BCUT2D eigenvalue weighted by Crippen LogP contribution is -1.96. The molecule has 14 heavy (non-hydrogen) atoms. The highest BCUT2D eigenvalue weighted by molar-refractivity contribution is 5.82. The number of hydrogen-bond acceptors (Lipinski definition) is 2. The fourth-order valence-corrected chi connectivity index (χ4v) is 1.77. The first-order chi connectivity index (χ1) is 6.76. The molecule has 0 bridgehead atoms. The SMILES string of the molecule is CCc1nn(C)c2cc(CN)ccc12. The summed E-state index contributed by atoms with van der Waals surface area (Å²) in [6.45, 7) is 2.71. The lowest BCUT2D eigenvalue weighted by molar-refractivity contribution is 0.769. The molecular formula is C11H15N3. The smallest absolute Gasteiger partial charge is 0.0700 e. The fourth-order valence-electron chi connectivity index (χ4n) is 1.77. The summed E-state index contributed by atoms with van der Waals surface area (Å²) < 4.78 is 1.92. The molecule has 3 heteroatoms. The molecule has 0 fully saturated rings. The average molecular weight is 189 g/mol. The van der Waals surface area contributed by atoms with E-state index in [1.165, 1.54) is 10.9 Å². The Labute approximate surface area is 83.5 Å². The van der Waals surface area contributed by atoms with Gasteiger partial charge < -0.3 is 5.73 Å². The molecule has 0 aliphatic heterocycles. The molecule has 0 saturated carbocycles. The van der Waals surface area contributed by atoms with Gasteiger partial charge in [-0.1, -0.05) is 19.1 Å². The minimum atomic E-state index is 0.586. The van der Waals surface area contributed by atoms with Gasteiger partial charge in [-0.3, -0.25) is 4.68 Å². The molecule has 0 atom stereocenters. The molecule has 0 amide bonds. The molecule has 74 valence electrons. The second-order valence-corrected chi connectivity index (χ2v) is 3.48. The zero-order valence-electron chi connectivity index (χ0n) is 8.62. The van der Waals surface area contributed by atoms with Crippen molar-refractivity contribution in [2.24, 2.45) is 12.8 Å². The van der Waals surface area contributed by atoms with E-state index in [0.29, 0.717) is 6.54 Å². The van der Waals surface area contributed by atoms with Gasteiger partial charge in [0, 0.05) is 19.0 Å². The van der Waals surface area contributed by atoms with Crippen LogP contribution in [-0.4, -0.2) is 9.78 Å². The minimum Gasteiger partial charge on any atom is -0.326 e. The molecule has 1 aromatic carbocycles. The Kier molecular flexibility index (Phi) is 2.25. The average Bonchev–Trinajstić information content (AvgIpc) is 2.55. The van der Waals surface area contributed by atoms with Gasteiger partial charge in [-0.2, -0.15) is 5.10 Å². The molecule has 1 heterocycles. The highest BCUT2D eigenvalue weighted by Gasteiger charge is 2.06. The van der Waals surface area contributed by atoms with Crippen molar-refractivity contribution in [1.29, 1.82) is 0 Å². The van der Waals surface area contributed by atoms with E-state index in [4.69, 9.17) is 5.73 Å². The first-order valence-corrected chi connectivity index (χ1v) is 4.90.